The van der Waals surface area contributed by atoms with Gasteiger partial charge in [-0.2, -0.15) is 12.6 Å². The lowest BCUT2D eigenvalue weighted by molar-refractivity contribution is -0.141. The van der Waals surface area contributed by atoms with Gasteiger partial charge in [0.1, 0.15) is 6.04 Å². The molecule has 22 heavy (non-hydrogen) atoms. The fraction of sp³-hybridized carbons (Fsp3) is 0.667. The van der Waals surface area contributed by atoms with Crippen LogP contribution < -0.4 is 10.6 Å². The van der Waals surface area contributed by atoms with Crippen LogP contribution in [0.5, 0.6) is 0 Å². The van der Waals surface area contributed by atoms with Crippen LogP contribution in [-0.2, 0) is 19.2 Å². The van der Waals surface area contributed by atoms with Gasteiger partial charge in [0.15, 0.2) is 0 Å². The zero-order valence-electron chi connectivity index (χ0n) is 11.7. The number of rotatable bonds is 9. The monoisotopic (exact) mass is 366 g/mol. The molecule has 1 fully saturated rings. The van der Waals surface area contributed by atoms with E-state index >= 15 is 0 Å². The van der Waals surface area contributed by atoms with E-state index < -0.39 is 24.0 Å². The Morgan fingerprint density at radius 1 is 1.36 bits per heavy atom. The highest BCUT2D eigenvalue weighted by Gasteiger charge is 2.26. The second-order valence-corrected chi connectivity index (χ2v) is 7.07. The fourth-order valence-corrected chi connectivity index (χ4v) is 3.55. The first kappa shape index (κ1) is 19.2. The number of thiol groups is 1. The van der Waals surface area contributed by atoms with Crippen LogP contribution in [0.1, 0.15) is 12.8 Å². The van der Waals surface area contributed by atoms with Crippen molar-refractivity contribution in [3.8, 4) is 0 Å². The molecule has 3 N–H and O–H groups in total. The minimum Gasteiger partial charge on any atom is -0.480 e. The summed E-state index contributed by atoms with van der Waals surface area (Å²) >= 11 is 6.21. The molecule has 0 aromatic heterocycles. The van der Waals surface area contributed by atoms with Crippen LogP contribution in [-0.4, -0.2) is 63.1 Å². The van der Waals surface area contributed by atoms with Crippen molar-refractivity contribution in [1.29, 1.82) is 0 Å². The SMILES string of the molecule is O=C(CSCC(=O)N[C@H]1CCSC1=O)N[C@@H](CCS)C(=O)O. The van der Waals surface area contributed by atoms with Crippen molar-refractivity contribution < 1.29 is 24.3 Å². The molecule has 1 rings (SSSR count). The number of amides is 2. The van der Waals surface area contributed by atoms with Gasteiger partial charge in [0, 0.05) is 5.75 Å². The molecule has 1 aliphatic rings. The van der Waals surface area contributed by atoms with Crippen molar-refractivity contribution in [3.63, 3.8) is 0 Å². The number of carboxylic acids is 1. The highest BCUT2D eigenvalue weighted by atomic mass is 32.2. The summed E-state index contributed by atoms with van der Waals surface area (Å²) in [6.45, 7) is 0. The number of thioether (sulfide) groups is 2. The topological polar surface area (TPSA) is 113 Å². The maximum atomic E-state index is 11.6. The molecule has 10 heteroatoms. The van der Waals surface area contributed by atoms with Crippen molar-refractivity contribution in [2.45, 2.75) is 24.9 Å². The highest BCUT2D eigenvalue weighted by Crippen LogP contribution is 2.19. The standard InChI is InChI=1S/C12H18N2O5S3/c15-9(13-7(1-3-20)11(17)18)5-21-6-10(16)14-8-2-4-22-12(8)19/h7-8,20H,1-6H2,(H,13,15)(H,14,16)(H,17,18)/t7-,8-/m0/s1. The van der Waals surface area contributed by atoms with E-state index in [1.807, 2.05) is 0 Å². The quantitative estimate of drug-likeness (QED) is 0.417. The molecule has 124 valence electrons. The van der Waals surface area contributed by atoms with Gasteiger partial charge in [-0.25, -0.2) is 4.79 Å². The van der Waals surface area contributed by atoms with E-state index in [9.17, 15) is 19.2 Å². The average molecular weight is 366 g/mol. The number of hydrogen-bond acceptors (Lipinski definition) is 7. The first-order chi connectivity index (χ1) is 10.4. The number of carbonyl (C=O) groups excluding carboxylic acids is 3. The second-order valence-electron chi connectivity index (χ2n) is 4.54. The van der Waals surface area contributed by atoms with E-state index in [0.29, 0.717) is 17.9 Å². The van der Waals surface area contributed by atoms with Crippen LogP contribution in [0.2, 0.25) is 0 Å². The lowest BCUT2D eigenvalue weighted by Crippen LogP contribution is -2.42. The Morgan fingerprint density at radius 3 is 2.59 bits per heavy atom. The third-order valence-corrected chi connectivity index (χ3v) is 4.99. The molecule has 1 saturated heterocycles. The van der Waals surface area contributed by atoms with Gasteiger partial charge in [-0.3, -0.25) is 14.4 Å². The number of carbonyl (C=O) groups is 4. The van der Waals surface area contributed by atoms with Gasteiger partial charge < -0.3 is 15.7 Å². The van der Waals surface area contributed by atoms with E-state index in [2.05, 4.69) is 23.3 Å². The second kappa shape index (κ2) is 10.0. The Hall–Kier alpha value is -0.870. The molecular weight excluding hydrogens is 348 g/mol. The lowest BCUT2D eigenvalue weighted by atomic mass is 10.2. The van der Waals surface area contributed by atoms with E-state index in [1.165, 1.54) is 11.8 Å². The normalized spacial score (nSPS) is 18.8. The van der Waals surface area contributed by atoms with Gasteiger partial charge in [0.05, 0.1) is 17.5 Å². The predicted octanol–water partition coefficient (Wildman–Crippen LogP) is -0.243. The molecule has 1 aliphatic heterocycles. The Kier molecular flexibility index (Phi) is 8.72. The summed E-state index contributed by atoms with van der Waals surface area (Å²) in [5.74, 6) is -0.768. The van der Waals surface area contributed by atoms with Gasteiger partial charge in [0.2, 0.25) is 16.9 Å². The van der Waals surface area contributed by atoms with Crippen molar-refractivity contribution in [2.24, 2.45) is 0 Å². The molecule has 0 aliphatic carbocycles. The fourth-order valence-electron chi connectivity index (χ4n) is 1.72. The third kappa shape index (κ3) is 6.93. The Labute approximate surface area is 142 Å². The van der Waals surface area contributed by atoms with Crippen LogP contribution in [0, 0.1) is 0 Å². The molecule has 2 amide bonds. The number of hydrogen-bond donors (Lipinski definition) is 4. The molecule has 0 unspecified atom stereocenters. The van der Waals surface area contributed by atoms with Crippen LogP contribution in [0.25, 0.3) is 0 Å². The van der Waals surface area contributed by atoms with Crippen molar-refractivity contribution in [2.75, 3.05) is 23.0 Å². The number of carboxylic acid groups (broad SMARTS) is 1. The first-order valence-corrected chi connectivity index (χ1v) is 9.38. The number of nitrogens with one attached hydrogen (secondary N) is 2. The van der Waals surface area contributed by atoms with Crippen LogP contribution in [0.4, 0.5) is 0 Å². The maximum Gasteiger partial charge on any atom is 0.326 e. The molecule has 0 bridgehead atoms. The summed E-state index contributed by atoms with van der Waals surface area (Å²) in [5.41, 5.74) is 0. The smallest absolute Gasteiger partial charge is 0.326 e. The van der Waals surface area contributed by atoms with Gasteiger partial charge in [-0.05, 0) is 18.6 Å². The van der Waals surface area contributed by atoms with Crippen molar-refractivity contribution in [1.82, 2.24) is 10.6 Å². The zero-order chi connectivity index (χ0) is 16.5. The summed E-state index contributed by atoms with van der Waals surface area (Å²) in [6, 6.07) is -1.40. The minimum atomic E-state index is -1.11. The van der Waals surface area contributed by atoms with Crippen molar-refractivity contribution >= 4 is 59.1 Å². The van der Waals surface area contributed by atoms with Gasteiger partial charge in [0.25, 0.3) is 0 Å². The van der Waals surface area contributed by atoms with E-state index in [4.69, 9.17) is 5.11 Å². The summed E-state index contributed by atoms with van der Waals surface area (Å²) in [5, 5.41) is 13.9. The summed E-state index contributed by atoms with van der Waals surface area (Å²) in [7, 11) is 0. The summed E-state index contributed by atoms with van der Waals surface area (Å²) < 4.78 is 0. The van der Waals surface area contributed by atoms with E-state index in [0.717, 1.165) is 11.8 Å². The molecule has 0 saturated carbocycles. The third-order valence-electron chi connectivity index (χ3n) is 2.79. The van der Waals surface area contributed by atoms with Crippen LogP contribution in [0.3, 0.4) is 0 Å². The molecule has 1 heterocycles. The predicted molar refractivity (Wildman–Crippen MR) is 89.4 cm³/mol. The molecule has 2 atom stereocenters. The Bertz CT molecular complexity index is 446. The van der Waals surface area contributed by atoms with E-state index in [-0.39, 0.29) is 28.9 Å². The minimum absolute atomic E-state index is 0.0167. The van der Waals surface area contributed by atoms with Gasteiger partial charge in [-0.15, -0.1) is 11.8 Å². The average Bonchev–Trinajstić information content (AvgIpc) is 2.83. The van der Waals surface area contributed by atoms with Gasteiger partial charge >= 0.3 is 5.97 Å². The maximum absolute atomic E-state index is 11.6. The lowest BCUT2D eigenvalue weighted by Gasteiger charge is -2.13. The first-order valence-electron chi connectivity index (χ1n) is 6.60. The highest BCUT2D eigenvalue weighted by molar-refractivity contribution is 8.14. The van der Waals surface area contributed by atoms with Gasteiger partial charge in [-0.1, -0.05) is 11.8 Å². The summed E-state index contributed by atoms with van der Waals surface area (Å²) in [4.78, 5) is 45.5. The molecule has 0 spiro atoms. The zero-order valence-corrected chi connectivity index (χ0v) is 14.3. The molecular formula is C12H18N2O5S3. The van der Waals surface area contributed by atoms with Crippen molar-refractivity contribution in [3.05, 3.63) is 0 Å². The Balaban J connectivity index is 2.22. The molecule has 7 nitrogen and oxygen atoms in total. The molecule has 0 radical (unpaired) electrons. The van der Waals surface area contributed by atoms with E-state index in [1.54, 1.807) is 0 Å². The Morgan fingerprint density at radius 2 is 2.05 bits per heavy atom. The van der Waals surface area contributed by atoms with Crippen LogP contribution >= 0.6 is 36.2 Å². The summed E-state index contributed by atoms with van der Waals surface area (Å²) in [6.07, 6.45) is 0.862. The number of aliphatic carboxylic acids is 1. The molecule has 0 aromatic rings. The van der Waals surface area contributed by atoms with Crippen LogP contribution in [0.15, 0.2) is 0 Å². The molecule has 0 aromatic carbocycles. The largest absolute Gasteiger partial charge is 0.480 e.